The van der Waals surface area contributed by atoms with Crippen molar-refractivity contribution < 1.29 is 14.0 Å². The number of hydrogen-bond acceptors (Lipinski definition) is 8. The van der Waals surface area contributed by atoms with Gasteiger partial charge in [0, 0.05) is 49.4 Å². The molecule has 85 heavy (non-hydrogen) atoms. The highest BCUT2D eigenvalue weighted by molar-refractivity contribution is 6.62. The van der Waals surface area contributed by atoms with Crippen molar-refractivity contribution in [2.45, 2.75) is 38.9 Å². The Balaban J connectivity index is 0.936. The lowest BCUT2D eigenvalue weighted by Gasteiger charge is -2.32. The number of ether oxygens (including phenoxy) is 1. The molecule has 0 bridgehead atoms. The largest absolute Gasteiger partial charge is 0.494 e. The van der Waals surface area contributed by atoms with Gasteiger partial charge >= 0.3 is 7.12 Å². The third-order valence-electron chi connectivity index (χ3n) is 17.2. The lowest BCUT2D eigenvalue weighted by Crippen LogP contribution is -2.41. The Kier molecular flexibility index (Phi) is 11.6. The summed E-state index contributed by atoms with van der Waals surface area (Å²) in [7, 11) is -0.608. The van der Waals surface area contributed by atoms with E-state index in [-0.39, 0.29) is 0 Å². The predicted molar refractivity (Wildman–Crippen MR) is 344 cm³/mol. The average molecular weight is 1100 g/mol. The molecule has 14 aromatic rings. The van der Waals surface area contributed by atoms with Crippen molar-refractivity contribution in [3.05, 3.63) is 249 Å². The van der Waals surface area contributed by atoms with Gasteiger partial charge in [0.2, 0.25) is 11.9 Å². The highest BCUT2D eigenvalue weighted by Crippen LogP contribution is 2.51. The minimum absolute atomic E-state index is 0.535. The van der Waals surface area contributed by atoms with Crippen molar-refractivity contribution >= 4 is 67.6 Å². The number of anilines is 2. The van der Waals surface area contributed by atoms with Gasteiger partial charge in [-0.1, -0.05) is 188 Å². The number of para-hydroxylation sites is 3. The summed E-state index contributed by atoms with van der Waals surface area (Å²) in [4.78, 5) is 21.6. The van der Waals surface area contributed by atoms with E-state index in [1.165, 1.54) is 0 Å². The molecule has 0 unspecified atom stereocenters. The molecule has 16 rings (SSSR count). The van der Waals surface area contributed by atoms with Crippen molar-refractivity contribution in [3.8, 4) is 90.7 Å². The molecule has 2 aliphatic rings. The fraction of sp³-hybridized carbons (Fsp3) is 0.0811. The molecule has 1 fully saturated rings. The van der Waals surface area contributed by atoms with Crippen LogP contribution in [-0.2, 0) is 9.31 Å². The second kappa shape index (κ2) is 19.6. The zero-order chi connectivity index (χ0) is 57.0. The minimum Gasteiger partial charge on any atom is -0.453 e. The second-order valence-corrected chi connectivity index (χ2v) is 22.9. The molecule has 1 N–H and O–H groups in total. The zero-order valence-corrected chi connectivity index (χ0v) is 47.2. The summed E-state index contributed by atoms with van der Waals surface area (Å²) in [6, 6.07) is 86.4. The number of benzene rings is 10. The summed E-state index contributed by atoms with van der Waals surface area (Å²) >= 11 is 0. The molecule has 4 aromatic heterocycles. The van der Waals surface area contributed by atoms with Gasteiger partial charge in [0.1, 0.15) is 0 Å². The molecule has 1 saturated heterocycles. The summed E-state index contributed by atoms with van der Waals surface area (Å²) in [5, 5.41) is 8.08. The first-order valence-corrected chi connectivity index (χ1v) is 28.8. The third kappa shape index (κ3) is 8.49. The quantitative estimate of drug-likeness (QED) is 0.143. The number of nitrogens with zero attached hydrogens (tertiary/aromatic N) is 6. The van der Waals surface area contributed by atoms with Crippen LogP contribution < -0.4 is 15.5 Å². The van der Waals surface area contributed by atoms with E-state index >= 15 is 0 Å². The van der Waals surface area contributed by atoms with Crippen LogP contribution in [0.5, 0.6) is 11.5 Å². The molecule has 10 aromatic carbocycles. The summed E-state index contributed by atoms with van der Waals surface area (Å²) in [5.41, 5.74) is 16.5. The van der Waals surface area contributed by atoms with Crippen molar-refractivity contribution in [1.82, 2.24) is 29.1 Å². The lowest BCUT2D eigenvalue weighted by atomic mass is 9.78. The van der Waals surface area contributed by atoms with Crippen LogP contribution in [0.3, 0.4) is 0 Å². The average Bonchev–Trinajstić information content (AvgIpc) is 2.09. The van der Waals surface area contributed by atoms with Gasteiger partial charge in [-0.05, 0) is 111 Å². The Morgan fingerprint density at radius 1 is 0.365 bits per heavy atom. The fourth-order valence-electron chi connectivity index (χ4n) is 12.2. The maximum Gasteiger partial charge on any atom is 0.494 e. The van der Waals surface area contributed by atoms with Crippen LogP contribution in [0.25, 0.3) is 123 Å². The van der Waals surface area contributed by atoms with Gasteiger partial charge in [-0.25, -0.2) is 19.9 Å². The Bertz CT molecular complexity index is 4840. The molecule has 406 valence electrons. The number of rotatable bonds is 9. The molecule has 0 aliphatic carbocycles. The molecule has 0 spiro atoms. The van der Waals surface area contributed by atoms with E-state index in [2.05, 4.69) is 224 Å². The monoisotopic (exact) mass is 1100 g/mol. The van der Waals surface area contributed by atoms with Crippen molar-refractivity contribution in [3.63, 3.8) is 0 Å². The van der Waals surface area contributed by atoms with Crippen LogP contribution in [0.15, 0.2) is 249 Å². The SMILES string of the molecule is CC1(C)OB(c2ccc3c4c(-c5cc(-c6ccc7c8ccccc8n(-c8nc(-c9ccccc9)cc(-c9ccccc9)n8)c7c6)cc6c5Nc5ccccc5O6)cccc4n(-c4nc(-c5ccccc5)cc(-c5ccccc5)n4)c3c2)OC1(C)C. The fourth-order valence-corrected chi connectivity index (χ4v) is 12.2. The standard InChI is InChI=1S/C74H54BN7O3/c1-73(2)74(3,4)85-75(84-73)52-37-39-56-66(43-52)82(72-79-61(48-26-13-7-14-27-48)45-62(80-72)49-28-15-8-16-29-49)64-34-21-31-55(69(56)64)57-40-51(42-68-70(57)76-58-32-18-20-35-67(58)83-68)50-36-38-54-53-30-17-19-33-63(53)81(65(54)41-50)71-77-59(46-22-9-5-10-23-46)44-60(78-71)47-24-11-6-12-25-47/h5-45,76H,1-4H3. The van der Waals surface area contributed by atoms with Gasteiger partial charge in [0.15, 0.2) is 11.5 Å². The van der Waals surface area contributed by atoms with Gasteiger partial charge < -0.3 is 19.4 Å². The Morgan fingerprint density at radius 3 is 1.46 bits per heavy atom. The van der Waals surface area contributed by atoms with Crippen molar-refractivity contribution in [2.24, 2.45) is 0 Å². The van der Waals surface area contributed by atoms with E-state index < -0.39 is 18.3 Å². The molecule has 0 radical (unpaired) electrons. The van der Waals surface area contributed by atoms with E-state index in [1.54, 1.807) is 0 Å². The minimum atomic E-state index is -0.608. The van der Waals surface area contributed by atoms with Crippen LogP contribution >= 0.6 is 0 Å². The highest BCUT2D eigenvalue weighted by atomic mass is 16.7. The van der Waals surface area contributed by atoms with E-state index in [0.717, 1.165) is 133 Å². The summed E-state index contributed by atoms with van der Waals surface area (Å²) < 4.78 is 24.9. The third-order valence-corrected chi connectivity index (χ3v) is 17.2. The van der Waals surface area contributed by atoms with Crippen LogP contribution in [0.2, 0.25) is 0 Å². The first-order chi connectivity index (χ1) is 41.6. The molecule has 10 nitrogen and oxygen atoms in total. The topological polar surface area (TPSA) is 101 Å². The van der Waals surface area contributed by atoms with Gasteiger partial charge in [-0.15, -0.1) is 0 Å². The second-order valence-electron chi connectivity index (χ2n) is 22.9. The Morgan fingerprint density at radius 2 is 0.859 bits per heavy atom. The van der Waals surface area contributed by atoms with Gasteiger partial charge in [0.25, 0.3) is 0 Å². The van der Waals surface area contributed by atoms with Gasteiger partial charge in [-0.3, -0.25) is 9.13 Å². The van der Waals surface area contributed by atoms with Crippen LogP contribution in [-0.4, -0.2) is 47.4 Å². The van der Waals surface area contributed by atoms with Crippen LogP contribution in [0.1, 0.15) is 27.7 Å². The predicted octanol–water partition coefficient (Wildman–Crippen LogP) is 17.6. The van der Waals surface area contributed by atoms with E-state index in [9.17, 15) is 0 Å². The van der Waals surface area contributed by atoms with E-state index in [0.29, 0.717) is 17.6 Å². The summed E-state index contributed by atoms with van der Waals surface area (Å²) in [5.74, 6) is 2.56. The molecule has 11 heteroatoms. The van der Waals surface area contributed by atoms with Crippen molar-refractivity contribution in [1.29, 1.82) is 0 Å². The summed E-state index contributed by atoms with van der Waals surface area (Å²) in [6.07, 6.45) is 0. The van der Waals surface area contributed by atoms with Gasteiger partial charge in [0.05, 0.1) is 67.4 Å². The highest BCUT2D eigenvalue weighted by Gasteiger charge is 2.52. The number of aromatic nitrogens is 6. The van der Waals surface area contributed by atoms with Crippen LogP contribution in [0.4, 0.5) is 11.4 Å². The molecule has 0 atom stereocenters. The number of fused-ring (bicyclic) bond motifs is 8. The van der Waals surface area contributed by atoms with Crippen LogP contribution in [0, 0.1) is 0 Å². The molecule has 6 heterocycles. The maximum atomic E-state index is 6.99. The number of hydrogen-bond donors (Lipinski definition) is 1. The smallest absolute Gasteiger partial charge is 0.453 e. The first kappa shape index (κ1) is 50.3. The molecule has 2 aliphatic heterocycles. The summed E-state index contributed by atoms with van der Waals surface area (Å²) in [6.45, 7) is 8.36. The molecule has 0 amide bonds. The first-order valence-electron chi connectivity index (χ1n) is 28.8. The Labute approximate surface area is 491 Å². The van der Waals surface area contributed by atoms with Crippen molar-refractivity contribution in [2.75, 3.05) is 5.32 Å². The normalized spacial score (nSPS) is 14.1. The van der Waals surface area contributed by atoms with E-state index in [1.807, 2.05) is 66.7 Å². The molecular weight excluding hydrogens is 1050 g/mol. The lowest BCUT2D eigenvalue weighted by molar-refractivity contribution is 0.00578. The zero-order valence-electron chi connectivity index (χ0n) is 47.2. The van der Waals surface area contributed by atoms with E-state index in [4.69, 9.17) is 34.0 Å². The number of nitrogens with one attached hydrogen (secondary N) is 1. The molecular formula is C74H54BN7O3. The maximum absolute atomic E-state index is 6.99. The molecule has 0 saturated carbocycles. The Hall–Kier alpha value is -10.5. The van der Waals surface area contributed by atoms with Gasteiger partial charge in [-0.2, -0.15) is 0 Å².